The molecule has 0 radical (unpaired) electrons. The van der Waals surface area contributed by atoms with Crippen molar-refractivity contribution in [1.29, 1.82) is 0 Å². The molecule has 1 aliphatic rings. The van der Waals surface area contributed by atoms with E-state index in [1.807, 2.05) is 26.8 Å². The molecule has 4 heteroatoms. The van der Waals surface area contributed by atoms with E-state index >= 15 is 0 Å². The van der Waals surface area contributed by atoms with Gasteiger partial charge in [-0.15, -0.1) is 0 Å². The summed E-state index contributed by atoms with van der Waals surface area (Å²) >= 11 is 0. The molecule has 4 nitrogen and oxygen atoms in total. The average Bonchev–Trinajstić information content (AvgIpc) is 2.65. The number of hydrogen-bond acceptors (Lipinski definition) is 3. The maximum absolute atomic E-state index is 12.7. The Balaban J connectivity index is 1.52. The topological polar surface area (TPSA) is 35.6 Å². The first-order chi connectivity index (χ1) is 12.9. The zero-order valence-electron chi connectivity index (χ0n) is 17.0. The Bertz CT molecular complexity index is 794. The van der Waals surface area contributed by atoms with Crippen molar-refractivity contribution in [3.63, 3.8) is 0 Å². The zero-order valence-corrected chi connectivity index (χ0v) is 17.0. The van der Waals surface area contributed by atoms with Gasteiger partial charge in [-0.05, 0) is 50.5 Å². The van der Waals surface area contributed by atoms with Gasteiger partial charge in [0.15, 0.2) is 0 Å². The Morgan fingerprint density at radius 3 is 2.41 bits per heavy atom. The molecular formula is C23H31N3O. The van der Waals surface area contributed by atoms with Gasteiger partial charge in [-0.25, -0.2) is 0 Å². The summed E-state index contributed by atoms with van der Waals surface area (Å²) in [6.07, 6.45) is 0. The summed E-state index contributed by atoms with van der Waals surface area (Å²) < 4.78 is 0. The lowest BCUT2D eigenvalue weighted by Gasteiger charge is -2.37. The van der Waals surface area contributed by atoms with Crippen molar-refractivity contribution in [3.05, 3.63) is 64.7 Å². The van der Waals surface area contributed by atoms with Crippen molar-refractivity contribution in [2.24, 2.45) is 0 Å². The maximum Gasteiger partial charge on any atom is 0.241 e. The van der Waals surface area contributed by atoms with Crippen molar-refractivity contribution < 1.29 is 4.79 Å². The molecule has 3 rings (SSSR count). The molecule has 27 heavy (non-hydrogen) atoms. The number of rotatable bonds is 5. The van der Waals surface area contributed by atoms with E-state index in [1.165, 1.54) is 11.1 Å². The molecule has 2 aromatic carbocycles. The van der Waals surface area contributed by atoms with Crippen LogP contribution >= 0.6 is 0 Å². The second kappa shape index (κ2) is 8.68. The van der Waals surface area contributed by atoms with Crippen LogP contribution in [-0.4, -0.2) is 47.9 Å². The first kappa shape index (κ1) is 19.6. The van der Waals surface area contributed by atoms with Gasteiger partial charge in [0.2, 0.25) is 5.91 Å². The highest BCUT2D eigenvalue weighted by Crippen LogP contribution is 2.18. The van der Waals surface area contributed by atoms with Gasteiger partial charge in [0.05, 0.1) is 6.04 Å². The number of anilines is 1. The van der Waals surface area contributed by atoms with Gasteiger partial charge in [-0.1, -0.05) is 42.0 Å². The number of amides is 1. The number of carbonyl (C=O) groups is 1. The summed E-state index contributed by atoms with van der Waals surface area (Å²) in [6.45, 7) is 13.0. The molecule has 0 spiro atoms. The van der Waals surface area contributed by atoms with E-state index in [0.717, 1.165) is 49.5 Å². The third kappa shape index (κ3) is 5.18. The minimum absolute atomic E-state index is 0.0795. The van der Waals surface area contributed by atoms with Crippen LogP contribution in [0.2, 0.25) is 0 Å². The van der Waals surface area contributed by atoms with Crippen molar-refractivity contribution in [3.8, 4) is 0 Å². The Morgan fingerprint density at radius 2 is 1.70 bits per heavy atom. The molecule has 1 unspecified atom stereocenters. The van der Waals surface area contributed by atoms with Crippen LogP contribution in [0.15, 0.2) is 42.5 Å². The van der Waals surface area contributed by atoms with Gasteiger partial charge in [0.1, 0.15) is 0 Å². The number of aryl methyl sites for hydroxylation is 3. The van der Waals surface area contributed by atoms with E-state index in [0.29, 0.717) is 0 Å². The third-order valence-corrected chi connectivity index (χ3v) is 5.47. The van der Waals surface area contributed by atoms with Crippen LogP contribution in [0.25, 0.3) is 0 Å². The number of nitrogens with one attached hydrogen (secondary N) is 1. The largest absolute Gasteiger partial charge is 0.324 e. The molecule has 0 bridgehead atoms. The SMILES string of the molecule is Cc1cccc(CN2CCN(C(C)C(=O)Nc3cc(C)ccc3C)CC2)c1. The number of hydrogen-bond donors (Lipinski definition) is 1. The molecule has 0 aromatic heterocycles. The molecule has 1 amide bonds. The second-order valence-electron chi connectivity index (χ2n) is 7.78. The van der Waals surface area contributed by atoms with Gasteiger partial charge in [0.25, 0.3) is 0 Å². The molecule has 1 heterocycles. The third-order valence-electron chi connectivity index (χ3n) is 5.47. The molecule has 1 fully saturated rings. The lowest BCUT2D eigenvalue weighted by atomic mass is 10.1. The fourth-order valence-electron chi connectivity index (χ4n) is 3.65. The summed E-state index contributed by atoms with van der Waals surface area (Å²) in [5.41, 5.74) is 5.86. The minimum Gasteiger partial charge on any atom is -0.324 e. The van der Waals surface area contributed by atoms with Gasteiger partial charge in [-0.3, -0.25) is 14.6 Å². The molecule has 0 aliphatic carbocycles. The minimum atomic E-state index is -0.119. The smallest absolute Gasteiger partial charge is 0.241 e. The van der Waals surface area contributed by atoms with Gasteiger partial charge in [-0.2, -0.15) is 0 Å². The van der Waals surface area contributed by atoms with E-state index in [9.17, 15) is 4.79 Å². The maximum atomic E-state index is 12.7. The normalized spacial score (nSPS) is 16.9. The van der Waals surface area contributed by atoms with E-state index in [4.69, 9.17) is 0 Å². The van der Waals surface area contributed by atoms with Crippen molar-refractivity contribution >= 4 is 11.6 Å². The van der Waals surface area contributed by atoms with Crippen LogP contribution in [0.4, 0.5) is 5.69 Å². The van der Waals surface area contributed by atoms with E-state index in [1.54, 1.807) is 0 Å². The molecule has 0 saturated carbocycles. The molecule has 1 N–H and O–H groups in total. The fourth-order valence-corrected chi connectivity index (χ4v) is 3.65. The molecular weight excluding hydrogens is 334 g/mol. The predicted molar refractivity (Wildman–Crippen MR) is 112 cm³/mol. The standard InChI is InChI=1S/C23H31N3O/c1-17-6-5-7-21(14-17)16-25-10-12-26(13-11-25)20(4)23(27)24-22-15-18(2)8-9-19(22)3/h5-9,14-15,20H,10-13,16H2,1-4H3,(H,24,27). The van der Waals surface area contributed by atoms with Gasteiger partial charge >= 0.3 is 0 Å². The van der Waals surface area contributed by atoms with Gasteiger partial charge in [0, 0.05) is 38.4 Å². The van der Waals surface area contributed by atoms with Crippen molar-refractivity contribution in [2.75, 3.05) is 31.5 Å². The number of piperazine rings is 1. The summed E-state index contributed by atoms with van der Waals surface area (Å²) in [4.78, 5) is 17.5. The molecule has 144 valence electrons. The highest BCUT2D eigenvalue weighted by molar-refractivity contribution is 5.95. The Labute approximate surface area is 163 Å². The van der Waals surface area contributed by atoms with Crippen LogP contribution < -0.4 is 5.32 Å². The Morgan fingerprint density at radius 1 is 1.00 bits per heavy atom. The zero-order chi connectivity index (χ0) is 19.4. The van der Waals surface area contributed by atoms with E-state index in [-0.39, 0.29) is 11.9 Å². The first-order valence-corrected chi connectivity index (χ1v) is 9.82. The van der Waals surface area contributed by atoms with Crippen LogP contribution in [0.1, 0.15) is 29.2 Å². The quantitative estimate of drug-likeness (QED) is 0.876. The molecule has 1 aliphatic heterocycles. The molecule has 1 saturated heterocycles. The van der Waals surface area contributed by atoms with Crippen LogP contribution in [0.5, 0.6) is 0 Å². The molecule has 2 aromatic rings. The van der Waals surface area contributed by atoms with E-state index < -0.39 is 0 Å². The lowest BCUT2D eigenvalue weighted by molar-refractivity contribution is -0.121. The monoisotopic (exact) mass is 365 g/mol. The highest BCUT2D eigenvalue weighted by atomic mass is 16.2. The van der Waals surface area contributed by atoms with E-state index in [2.05, 4.69) is 58.4 Å². The highest BCUT2D eigenvalue weighted by Gasteiger charge is 2.25. The summed E-state index contributed by atoms with van der Waals surface area (Å²) in [5, 5.41) is 3.11. The summed E-state index contributed by atoms with van der Waals surface area (Å²) in [6, 6.07) is 14.8. The Kier molecular flexibility index (Phi) is 6.30. The van der Waals surface area contributed by atoms with Crippen molar-refractivity contribution in [1.82, 2.24) is 9.80 Å². The number of nitrogens with zero attached hydrogens (tertiary/aromatic N) is 2. The molecule has 1 atom stereocenters. The Hall–Kier alpha value is -2.17. The van der Waals surface area contributed by atoms with Gasteiger partial charge < -0.3 is 5.32 Å². The predicted octanol–water partition coefficient (Wildman–Crippen LogP) is 3.76. The van der Waals surface area contributed by atoms with Crippen molar-refractivity contribution in [2.45, 2.75) is 40.3 Å². The van der Waals surface area contributed by atoms with Crippen LogP contribution in [0, 0.1) is 20.8 Å². The average molecular weight is 366 g/mol. The van der Waals surface area contributed by atoms with Crippen LogP contribution in [0.3, 0.4) is 0 Å². The first-order valence-electron chi connectivity index (χ1n) is 9.82. The fraction of sp³-hybridized carbons (Fsp3) is 0.435. The number of benzene rings is 2. The lowest BCUT2D eigenvalue weighted by Crippen LogP contribution is -2.52. The second-order valence-corrected chi connectivity index (χ2v) is 7.78. The summed E-state index contributed by atoms with van der Waals surface area (Å²) in [5.74, 6) is 0.0795. The van der Waals surface area contributed by atoms with Crippen LogP contribution in [-0.2, 0) is 11.3 Å². The number of carbonyl (C=O) groups excluding carboxylic acids is 1. The summed E-state index contributed by atoms with van der Waals surface area (Å²) in [7, 11) is 0.